The number of amides is 2. The lowest BCUT2D eigenvalue weighted by Crippen LogP contribution is -2.46. The van der Waals surface area contributed by atoms with Gasteiger partial charge in [-0.2, -0.15) is 0 Å². The zero-order chi connectivity index (χ0) is 18.5. The number of hydrogen-bond donors (Lipinski definition) is 1. The van der Waals surface area contributed by atoms with Crippen LogP contribution in [0.2, 0.25) is 5.02 Å². The van der Waals surface area contributed by atoms with E-state index in [-0.39, 0.29) is 18.2 Å². The summed E-state index contributed by atoms with van der Waals surface area (Å²) in [5.41, 5.74) is 0.989. The van der Waals surface area contributed by atoms with Gasteiger partial charge in [-0.3, -0.25) is 24.6 Å². The third kappa shape index (κ3) is 4.36. The second-order valence-electron chi connectivity index (χ2n) is 6.24. The van der Waals surface area contributed by atoms with Gasteiger partial charge in [-0.15, -0.1) is 0 Å². The van der Waals surface area contributed by atoms with E-state index in [1.54, 1.807) is 54.6 Å². The van der Waals surface area contributed by atoms with E-state index in [2.05, 4.69) is 5.32 Å². The first-order chi connectivity index (χ1) is 12.5. The molecule has 0 aromatic heterocycles. The standard InChI is InChI=1S/C20H19ClN2O3/c21-16-10-8-14(9-11-16)18(24)13-23-12-4-7-17(23)20(26)22-19(25)15-5-2-1-3-6-15/h1-3,5-6,8-11,17H,4,7,12-13H2,(H,22,25,26)/t17-/m0/s1. The number of nitrogens with zero attached hydrogens (tertiary/aromatic N) is 1. The highest BCUT2D eigenvalue weighted by atomic mass is 35.5. The molecule has 0 bridgehead atoms. The summed E-state index contributed by atoms with van der Waals surface area (Å²) >= 11 is 5.84. The van der Waals surface area contributed by atoms with Crippen LogP contribution in [0.5, 0.6) is 0 Å². The normalized spacial score (nSPS) is 17.0. The molecule has 0 radical (unpaired) electrons. The molecular weight excluding hydrogens is 352 g/mol. The summed E-state index contributed by atoms with van der Waals surface area (Å²) in [7, 11) is 0. The van der Waals surface area contributed by atoms with Crippen LogP contribution in [-0.4, -0.2) is 41.6 Å². The Labute approximate surface area is 156 Å². The largest absolute Gasteiger partial charge is 0.293 e. The van der Waals surface area contributed by atoms with Crippen LogP contribution in [0.25, 0.3) is 0 Å². The lowest BCUT2D eigenvalue weighted by molar-refractivity contribution is -0.124. The molecule has 5 nitrogen and oxygen atoms in total. The van der Waals surface area contributed by atoms with Gasteiger partial charge in [0.05, 0.1) is 12.6 Å². The van der Waals surface area contributed by atoms with Crippen LogP contribution in [0.1, 0.15) is 33.6 Å². The lowest BCUT2D eigenvalue weighted by atomic mass is 10.1. The van der Waals surface area contributed by atoms with Gasteiger partial charge in [-0.25, -0.2) is 0 Å². The molecule has 0 unspecified atom stereocenters. The monoisotopic (exact) mass is 370 g/mol. The van der Waals surface area contributed by atoms with E-state index in [0.29, 0.717) is 29.1 Å². The van der Waals surface area contributed by atoms with Gasteiger partial charge < -0.3 is 0 Å². The summed E-state index contributed by atoms with van der Waals surface area (Å²) in [5, 5.41) is 3.01. The fourth-order valence-corrected chi connectivity index (χ4v) is 3.21. The smallest absolute Gasteiger partial charge is 0.257 e. The van der Waals surface area contributed by atoms with Crippen molar-refractivity contribution in [2.45, 2.75) is 18.9 Å². The summed E-state index contributed by atoms with van der Waals surface area (Å²) in [6.07, 6.45) is 1.44. The Bertz CT molecular complexity index is 806. The first-order valence-corrected chi connectivity index (χ1v) is 8.85. The molecule has 2 amide bonds. The van der Waals surface area contributed by atoms with Gasteiger partial charge in [-0.05, 0) is 55.8 Å². The Morgan fingerprint density at radius 3 is 2.38 bits per heavy atom. The first kappa shape index (κ1) is 18.3. The van der Waals surface area contributed by atoms with Gasteiger partial charge in [-0.1, -0.05) is 29.8 Å². The Hall–Kier alpha value is -2.50. The van der Waals surface area contributed by atoms with Gasteiger partial charge in [0.15, 0.2) is 5.78 Å². The maximum atomic E-state index is 12.5. The van der Waals surface area contributed by atoms with Crippen molar-refractivity contribution in [3.63, 3.8) is 0 Å². The number of benzene rings is 2. The van der Waals surface area contributed by atoms with Crippen LogP contribution in [0.15, 0.2) is 54.6 Å². The number of hydrogen-bond acceptors (Lipinski definition) is 4. The second kappa shape index (κ2) is 8.25. The molecule has 2 aromatic carbocycles. The molecule has 1 saturated heterocycles. The number of Topliss-reactive ketones (excluding diaryl/α,β-unsaturated/α-hetero) is 1. The van der Waals surface area contributed by atoms with Crippen LogP contribution in [0.3, 0.4) is 0 Å². The average Bonchev–Trinajstić information content (AvgIpc) is 3.11. The van der Waals surface area contributed by atoms with E-state index in [1.807, 2.05) is 4.90 Å². The fourth-order valence-electron chi connectivity index (χ4n) is 3.08. The van der Waals surface area contributed by atoms with Crippen LogP contribution < -0.4 is 5.32 Å². The number of halogens is 1. The summed E-state index contributed by atoms with van der Waals surface area (Å²) in [5.74, 6) is -0.859. The van der Waals surface area contributed by atoms with Crippen molar-refractivity contribution in [3.8, 4) is 0 Å². The maximum absolute atomic E-state index is 12.5. The minimum Gasteiger partial charge on any atom is -0.293 e. The Morgan fingerprint density at radius 2 is 1.69 bits per heavy atom. The summed E-state index contributed by atoms with van der Waals surface area (Å²) in [4.78, 5) is 38.9. The molecule has 6 heteroatoms. The van der Waals surface area contributed by atoms with Crippen molar-refractivity contribution in [1.82, 2.24) is 10.2 Å². The topological polar surface area (TPSA) is 66.5 Å². The third-order valence-electron chi connectivity index (χ3n) is 4.45. The third-order valence-corrected chi connectivity index (χ3v) is 4.70. The van der Waals surface area contributed by atoms with Crippen molar-refractivity contribution in [1.29, 1.82) is 0 Å². The minimum absolute atomic E-state index is 0.0734. The zero-order valence-electron chi connectivity index (χ0n) is 14.2. The van der Waals surface area contributed by atoms with Crippen molar-refractivity contribution < 1.29 is 14.4 Å². The molecule has 1 heterocycles. The van der Waals surface area contributed by atoms with E-state index in [4.69, 9.17) is 11.6 Å². The van der Waals surface area contributed by atoms with Gasteiger partial charge in [0.1, 0.15) is 0 Å². The highest BCUT2D eigenvalue weighted by Crippen LogP contribution is 2.19. The highest BCUT2D eigenvalue weighted by molar-refractivity contribution is 6.30. The Kier molecular flexibility index (Phi) is 5.81. The molecule has 26 heavy (non-hydrogen) atoms. The number of rotatable bonds is 5. The van der Waals surface area contributed by atoms with Crippen LogP contribution >= 0.6 is 11.6 Å². The molecule has 3 rings (SSSR count). The fraction of sp³-hybridized carbons (Fsp3) is 0.250. The molecule has 1 aliphatic heterocycles. The molecule has 1 aliphatic rings. The first-order valence-electron chi connectivity index (χ1n) is 8.47. The van der Waals surface area contributed by atoms with Crippen LogP contribution in [-0.2, 0) is 4.79 Å². The SMILES string of the molecule is O=C(CN1CCC[C@H]1C(=O)NC(=O)c1ccccc1)c1ccc(Cl)cc1. The molecule has 0 saturated carbocycles. The average molecular weight is 371 g/mol. The van der Waals surface area contributed by atoms with Crippen molar-refractivity contribution in [2.75, 3.05) is 13.1 Å². The van der Waals surface area contributed by atoms with Gasteiger partial charge in [0.2, 0.25) is 5.91 Å². The second-order valence-corrected chi connectivity index (χ2v) is 6.68. The van der Waals surface area contributed by atoms with Crippen LogP contribution in [0, 0.1) is 0 Å². The zero-order valence-corrected chi connectivity index (χ0v) is 14.9. The van der Waals surface area contributed by atoms with E-state index >= 15 is 0 Å². The molecule has 0 aliphatic carbocycles. The Balaban J connectivity index is 1.62. The highest BCUT2D eigenvalue weighted by Gasteiger charge is 2.32. The molecule has 1 fully saturated rings. The predicted octanol–water partition coefficient (Wildman–Crippen LogP) is 2.94. The number of carbonyl (C=O) groups excluding carboxylic acids is 3. The van der Waals surface area contributed by atoms with Gasteiger partial charge in [0.25, 0.3) is 5.91 Å². The van der Waals surface area contributed by atoms with E-state index in [9.17, 15) is 14.4 Å². The molecule has 1 atom stereocenters. The Morgan fingerprint density at radius 1 is 1.00 bits per heavy atom. The molecule has 2 aromatic rings. The van der Waals surface area contributed by atoms with Crippen LogP contribution in [0.4, 0.5) is 0 Å². The molecular formula is C20H19ClN2O3. The summed E-state index contributed by atoms with van der Waals surface area (Å²) in [6.45, 7) is 0.788. The molecule has 1 N–H and O–H groups in total. The van der Waals surface area contributed by atoms with Gasteiger partial charge in [0, 0.05) is 16.1 Å². The number of nitrogens with one attached hydrogen (secondary N) is 1. The number of ketones is 1. The number of likely N-dealkylation sites (tertiary alicyclic amines) is 1. The molecule has 0 spiro atoms. The van der Waals surface area contributed by atoms with Crippen molar-refractivity contribution >= 4 is 29.2 Å². The molecule has 134 valence electrons. The number of carbonyl (C=O) groups is 3. The van der Waals surface area contributed by atoms with E-state index < -0.39 is 11.9 Å². The number of imide groups is 1. The minimum atomic E-state index is -0.473. The maximum Gasteiger partial charge on any atom is 0.257 e. The van der Waals surface area contributed by atoms with Crippen molar-refractivity contribution in [2.24, 2.45) is 0 Å². The lowest BCUT2D eigenvalue weighted by Gasteiger charge is -2.22. The predicted molar refractivity (Wildman–Crippen MR) is 99.3 cm³/mol. The summed E-state index contributed by atoms with van der Waals surface area (Å²) < 4.78 is 0. The quantitative estimate of drug-likeness (QED) is 0.649. The summed E-state index contributed by atoms with van der Waals surface area (Å²) in [6, 6.07) is 14.8. The van der Waals surface area contributed by atoms with E-state index in [1.165, 1.54) is 0 Å². The van der Waals surface area contributed by atoms with E-state index in [0.717, 1.165) is 6.42 Å². The van der Waals surface area contributed by atoms with Crippen molar-refractivity contribution in [3.05, 3.63) is 70.7 Å². The van der Waals surface area contributed by atoms with Gasteiger partial charge >= 0.3 is 0 Å².